The molecule has 1 heterocycles. The van der Waals surface area contributed by atoms with Gasteiger partial charge in [0.25, 0.3) is 0 Å². The van der Waals surface area contributed by atoms with Gasteiger partial charge in [0.2, 0.25) is 0 Å². The van der Waals surface area contributed by atoms with Crippen molar-refractivity contribution in [3.8, 4) is 0 Å². The van der Waals surface area contributed by atoms with E-state index in [2.05, 4.69) is 24.3 Å². The van der Waals surface area contributed by atoms with E-state index in [1.54, 1.807) is 0 Å². The summed E-state index contributed by atoms with van der Waals surface area (Å²) in [6.45, 7) is 1.62. The van der Waals surface area contributed by atoms with Crippen molar-refractivity contribution >= 4 is 0 Å². The van der Waals surface area contributed by atoms with E-state index < -0.39 is 0 Å². The first kappa shape index (κ1) is 9.33. The lowest BCUT2D eigenvalue weighted by Crippen LogP contribution is -2.43. The highest BCUT2D eigenvalue weighted by molar-refractivity contribution is 5.45. The molecular weight excluding hydrogens is 224 g/mol. The lowest BCUT2D eigenvalue weighted by molar-refractivity contribution is -0.204. The van der Waals surface area contributed by atoms with Crippen LogP contribution in [0.25, 0.3) is 0 Å². The maximum absolute atomic E-state index is 6.15. The van der Waals surface area contributed by atoms with Gasteiger partial charge in [0, 0.05) is 12.3 Å². The summed E-state index contributed by atoms with van der Waals surface area (Å²) in [6.07, 6.45) is 13.7. The Morgan fingerprint density at radius 3 is 2.56 bits per heavy atom. The normalized spacial score (nSPS) is 63.6. The minimum absolute atomic E-state index is 0.191. The molecule has 3 spiro atoms. The first-order valence-electron chi connectivity index (χ1n) is 7.45. The van der Waals surface area contributed by atoms with Gasteiger partial charge in [-0.15, -0.1) is 0 Å². The molecule has 0 aromatic rings. The molecule has 7 rings (SSSR count). The van der Waals surface area contributed by atoms with E-state index in [4.69, 9.17) is 9.47 Å². The summed E-state index contributed by atoms with van der Waals surface area (Å²) in [5.41, 5.74) is 1.10. The van der Waals surface area contributed by atoms with Crippen LogP contribution in [0.5, 0.6) is 0 Å². The maximum atomic E-state index is 6.15. The fourth-order valence-corrected chi connectivity index (χ4v) is 7.02. The molecule has 2 nitrogen and oxygen atoms in total. The topological polar surface area (TPSA) is 18.5 Å². The van der Waals surface area contributed by atoms with Crippen LogP contribution in [0.15, 0.2) is 24.3 Å². The smallest absolute Gasteiger partial charge is 0.172 e. The van der Waals surface area contributed by atoms with E-state index in [0.717, 1.165) is 37.4 Å². The summed E-state index contributed by atoms with van der Waals surface area (Å²) >= 11 is 0. The van der Waals surface area contributed by atoms with Gasteiger partial charge in [-0.25, -0.2) is 0 Å². The number of hydrogen-bond donors (Lipinski definition) is 0. The molecule has 1 aliphatic heterocycles. The molecule has 0 N–H and O–H groups in total. The van der Waals surface area contributed by atoms with Gasteiger partial charge in [-0.3, -0.25) is 0 Å². The summed E-state index contributed by atoms with van der Waals surface area (Å²) in [4.78, 5) is 0. The Labute approximate surface area is 107 Å². The van der Waals surface area contributed by atoms with Crippen LogP contribution in [0.4, 0.5) is 0 Å². The first-order valence-corrected chi connectivity index (χ1v) is 7.45. The summed E-state index contributed by atoms with van der Waals surface area (Å²) in [7, 11) is 0. The molecule has 2 heteroatoms. The highest BCUT2D eigenvalue weighted by Crippen LogP contribution is 2.92. The summed E-state index contributed by atoms with van der Waals surface area (Å²) in [6, 6.07) is 0. The SMILES string of the molecule is C1=CC[C@]23[C@@H]4[C@@H]5[C@H](C=C[C@@H]42)[C@@]3(C1)CC51OCCO1. The Bertz CT molecular complexity index is 515. The van der Waals surface area contributed by atoms with E-state index in [9.17, 15) is 0 Å². The van der Waals surface area contributed by atoms with Gasteiger partial charge in [-0.05, 0) is 41.4 Å². The number of ether oxygens (including phenoxy) is 2. The van der Waals surface area contributed by atoms with Crippen LogP contribution in [0.1, 0.15) is 19.3 Å². The molecule has 94 valence electrons. The van der Waals surface area contributed by atoms with E-state index in [0.29, 0.717) is 16.7 Å². The van der Waals surface area contributed by atoms with Gasteiger partial charge in [0.15, 0.2) is 5.79 Å². The van der Waals surface area contributed by atoms with E-state index in [-0.39, 0.29) is 5.79 Å². The average molecular weight is 242 g/mol. The van der Waals surface area contributed by atoms with Gasteiger partial charge in [0.05, 0.1) is 13.2 Å². The zero-order valence-corrected chi connectivity index (χ0v) is 10.5. The molecule has 6 atom stereocenters. The predicted molar refractivity (Wildman–Crippen MR) is 65.6 cm³/mol. The number of allylic oxidation sites excluding steroid dienone is 4. The van der Waals surface area contributed by atoms with Crippen LogP contribution in [-0.2, 0) is 9.47 Å². The molecule has 0 unspecified atom stereocenters. The van der Waals surface area contributed by atoms with Gasteiger partial charge < -0.3 is 9.47 Å². The molecule has 7 aliphatic rings. The third kappa shape index (κ3) is 0.626. The van der Waals surface area contributed by atoms with Crippen LogP contribution in [0.3, 0.4) is 0 Å². The molecule has 0 amide bonds. The molecule has 6 bridgehead atoms. The third-order valence-corrected chi connectivity index (χ3v) is 7.28. The standard InChI is InChI=1S/C16H18O2/c1-2-6-15-11-4-3-10-13(12(11)15)16(17-7-8-18-16)9-14(10,15)5-1/h1-4,10-13H,5-9H2/t10-,11-,12-,13-,14+,15+/m0/s1. The van der Waals surface area contributed by atoms with Crippen molar-refractivity contribution < 1.29 is 9.47 Å². The van der Waals surface area contributed by atoms with E-state index >= 15 is 0 Å². The second-order valence-electron chi connectivity index (χ2n) is 7.25. The summed E-state index contributed by atoms with van der Waals surface area (Å²) < 4.78 is 12.3. The first-order chi connectivity index (χ1) is 8.84. The zero-order chi connectivity index (χ0) is 11.6. The van der Waals surface area contributed by atoms with Crippen LogP contribution in [0, 0.1) is 34.5 Å². The summed E-state index contributed by atoms with van der Waals surface area (Å²) in [5.74, 6) is 2.91. The van der Waals surface area contributed by atoms with E-state index in [1.807, 2.05) is 0 Å². The minimum Gasteiger partial charge on any atom is -0.347 e. The van der Waals surface area contributed by atoms with E-state index in [1.165, 1.54) is 12.8 Å². The van der Waals surface area contributed by atoms with Crippen LogP contribution >= 0.6 is 0 Å². The highest BCUT2D eigenvalue weighted by Gasteiger charge is 2.90. The molecule has 1 saturated heterocycles. The quantitative estimate of drug-likeness (QED) is 0.608. The zero-order valence-electron chi connectivity index (χ0n) is 10.5. The minimum atomic E-state index is -0.191. The van der Waals surface area contributed by atoms with Crippen molar-refractivity contribution in [2.24, 2.45) is 34.5 Å². The fourth-order valence-electron chi connectivity index (χ4n) is 7.02. The fraction of sp³-hybridized carbons (Fsp3) is 0.750. The summed E-state index contributed by atoms with van der Waals surface area (Å²) in [5, 5.41) is 0. The molecular formula is C16H18O2. The molecule has 6 aliphatic carbocycles. The van der Waals surface area contributed by atoms with Crippen molar-refractivity contribution in [1.29, 1.82) is 0 Å². The Morgan fingerprint density at radius 2 is 1.67 bits per heavy atom. The average Bonchev–Trinajstić information content (AvgIpc) is 2.73. The van der Waals surface area contributed by atoms with Crippen molar-refractivity contribution in [3.05, 3.63) is 24.3 Å². The lowest BCUT2D eigenvalue weighted by Gasteiger charge is -2.45. The largest absolute Gasteiger partial charge is 0.347 e. The van der Waals surface area contributed by atoms with Gasteiger partial charge in [0.1, 0.15) is 0 Å². The molecule has 0 aromatic heterocycles. The predicted octanol–water partition coefficient (Wildman–Crippen LogP) is 2.52. The molecule has 3 saturated carbocycles. The van der Waals surface area contributed by atoms with Crippen molar-refractivity contribution in [2.45, 2.75) is 25.0 Å². The van der Waals surface area contributed by atoms with Gasteiger partial charge >= 0.3 is 0 Å². The Hall–Kier alpha value is -0.600. The second-order valence-corrected chi connectivity index (χ2v) is 7.25. The van der Waals surface area contributed by atoms with Crippen LogP contribution in [-0.4, -0.2) is 19.0 Å². The molecule has 0 aromatic carbocycles. The molecule has 0 radical (unpaired) electrons. The lowest BCUT2D eigenvalue weighted by atomic mass is 9.59. The van der Waals surface area contributed by atoms with Crippen molar-refractivity contribution in [1.82, 2.24) is 0 Å². The Kier molecular flexibility index (Phi) is 1.23. The Morgan fingerprint density at radius 1 is 0.889 bits per heavy atom. The Balaban J connectivity index is 1.61. The highest BCUT2D eigenvalue weighted by atomic mass is 16.7. The van der Waals surface area contributed by atoms with Crippen molar-refractivity contribution in [2.75, 3.05) is 13.2 Å². The monoisotopic (exact) mass is 242 g/mol. The third-order valence-electron chi connectivity index (χ3n) is 7.28. The van der Waals surface area contributed by atoms with Gasteiger partial charge in [-0.2, -0.15) is 0 Å². The molecule has 4 fully saturated rings. The van der Waals surface area contributed by atoms with Crippen molar-refractivity contribution in [3.63, 3.8) is 0 Å². The number of hydrogen-bond acceptors (Lipinski definition) is 2. The molecule has 18 heavy (non-hydrogen) atoms. The van der Waals surface area contributed by atoms with Crippen LogP contribution in [0.2, 0.25) is 0 Å². The maximum Gasteiger partial charge on any atom is 0.172 e. The number of rotatable bonds is 0. The van der Waals surface area contributed by atoms with Crippen LogP contribution < -0.4 is 0 Å². The second kappa shape index (κ2) is 2.38. The van der Waals surface area contributed by atoms with Gasteiger partial charge in [-0.1, -0.05) is 24.3 Å².